The first-order valence-electron chi connectivity index (χ1n) is 10.1. The van der Waals surface area contributed by atoms with E-state index in [-0.39, 0.29) is 37.7 Å². The molecular formula is C27H24Li2Si. The first kappa shape index (κ1) is 23.2. The molecule has 2 unspecified atom stereocenters. The van der Waals surface area contributed by atoms with E-state index in [1.165, 1.54) is 39.0 Å². The Bertz CT molecular complexity index is 1090. The summed E-state index contributed by atoms with van der Waals surface area (Å²) >= 11 is 0. The van der Waals surface area contributed by atoms with E-state index >= 15 is 0 Å². The standard InChI is InChI=1S/C27H24Si.2Li/c1-18-16-21-12-6-7-14-23(21)26(18)28-27-19(2)17-25-22(13-8-9-15-24(25)27)20-10-4-3-5-11-20;;/h3-12,14-17,22,26H,13H2,1-2H3;;. The van der Waals surface area contributed by atoms with Gasteiger partial charge in [0.1, 0.15) is 0 Å². The predicted octanol–water partition coefficient (Wildman–Crippen LogP) is 5.97. The predicted molar refractivity (Wildman–Crippen MR) is 132 cm³/mol. The minimum atomic E-state index is 0. The number of fused-ring (bicyclic) bond motifs is 2. The fraction of sp³-hybridized carbons (Fsp3) is 0.185. The molecule has 0 amide bonds. The minimum absolute atomic E-state index is 0. The fourth-order valence-electron chi connectivity index (χ4n) is 4.72. The van der Waals surface area contributed by atoms with Crippen molar-refractivity contribution in [3.05, 3.63) is 123 Å². The van der Waals surface area contributed by atoms with Crippen LogP contribution in [0.3, 0.4) is 0 Å². The molecule has 5 rings (SSSR count). The summed E-state index contributed by atoms with van der Waals surface area (Å²) < 4.78 is 0. The number of allylic oxidation sites excluding steroid dienone is 9. The van der Waals surface area contributed by atoms with E-state index in [9.17, 15) is 0 Å². The molecule has 4 radical (unpaired) electrons. The van der Waals surface area contributed by atoms with Crippen molar-refractivity contribution in [2.24, 2.45) is 0 Å². The number of rotatable bonds is 3. The van der Waals surface area contributed by atoms with Crippen LogP contribution < -0.4 is 0 Å². The van der Waals surface area contributed by atoms with Crippen LogP contribution in [0, 0.1) is 0 Å². The van der Waals surface area contributed by atoms with Crippen LogP contribution in [0.1, 0.15) is 48.4 Å². The first-order chi connectivity index (χ1) is 13.7. The maximum atomic E-state index is 2.46. The third-order valence-electron chi connectivity index (χ3n) is 6.13. The Morgan fingerprint density at radius 2 is 1.60 bits per heavy atom. The van der Waals surface area contributed by atoms with Gasteiger partial charge in [0.15, 0.2) is 0 Å². The molecule has 2 aromatic rings. The normalized spacial score (nSPS) is 21.5. The van der Waals surface area contributed by atoms with Gasteiger partial charge >= 0.3 is 0 Å². The molecule has 3 aliphatic rings. The molecule has 2 atom stereocenters. The largest absolute Gasteiger partial charge is 0.0956 e. The molecule has 0 saturated heterocycles. The van der Waals surface area contributed by atoms with Gasteiger partial charge < -0.3 is 0 Å². The fourth-order valence-corrected chi connectivity index (χ4v) is 6.42. The molecule has 0 nitrogen and oxygen atoms in total. The van der Waals surface area contributed by atoms with E-state index in [4.69, 9.17) is 0 Å². The van der Waals surface area contributed by atoms with Gasteiger partial charge in [-0.1, -0.05) is 101 Å². The summed E-state index contributed by atoms with van der Waals surface area (Å²) in [6.45, 7) is 4.60. The van der Waals surface area contributed by atoms with Gasteiger partial charge in [0.05, 0.1) is 9.52 Å². The van der Waals surface area contributed by atoms with Crippen LogP contribution >= 0.6 is 0 Å². The van der Waals surface area contributed by atoms with Gasteiger partial charge in [-0.15, -0.1) is 0 Å². The average molecular weight is 390 g/mol. The molecule has 3 aliphatic carbocycles. The van der Waals surface area contributed by atoms with Gasteiger partial charge in [0.25, 0.3) is 0 Å². The topological polar surface area (TPSA) is 0 Å². The van der Waals surface area contributed by atoms with Crippen molar-refractivity contribution in [3.63, 3.8) is 0 Å². The first-order valence-corrected chi connectivity index (χ1v) is 11.2. The zero-order chi connectivity index (χ0) is 19.1. The van der Waals surface area contributed by atoms with Crippen molar-refractivity contribution >= 4 is 53.3 Å². The maximum Gasteiger partial charge on any atom is 0.0956 e. The van der Waals surface area contributed by atoms with Crippen LogP contribution in [0.2, 0.25) is 0 Å². The smallest absolute Gasteiger partial charge is 0.0836 e. The monoisotopic (exact) mass is 390 g/mol. The van der Waals surface area contributed by atoms with E-state index in [1.54, 1.807) is 5.20 Å². The van der Waals surface area contributed by atoms with Crippen molar-refractivity contribution < 1.29 is 0 Å². The molecule has 2 aromatic carbocycles. The zero-order valence-corrected chi connectivity index (χ0v) is 19.4. The molecule has 0 spiro atoms. The Labute approximate surface area is 207 Å². The van der Waals surface area contributed by atoms with E-state index < -0.39 is 0 Å². The van der Waals surface area contributed by atoms with Crippen LogP contribution in [0.5, 0.6) is 0 Å². The molecule has 138 valence electrons. The quantitative estimate of drug-likeness (QED) is 0.566. The summed E-state index contributed by atoms with van der Waals surface area (Å²) in [5.74, 6) is 0.455. The molecule has 30 heavy (non-hydrogen) atoms. The molecule has 0 fully saturated rings. The summed E-state index contributed by atoms with van der Waals surface area (Å²) in [5, 5.41) is 1.55. The summed E-state index contributed by atoms with van der Waals surface area (Å²) in [6, 6.07) is 19.9. The second kappa shape index (κ2) is 9.79. The molecule has 0 saturated carbocycles. The second-order valence-corrected chi connectivity index (χ2v) is 9.33. The van der Waals surface area contributed by atoms with Crippen molar-refractivity contribution in [2.75, 3.05) is 0 Å². The summed E-state index contributed by atoms with van der Waals surface area (Å²) in [6.07, 6.45) is 12.9. The number of benzene rings is 2. The Kier molecular flexibility index (Phi) is 7.57. The van der Waals surface area contributed by atoms with Gasteiger partial charge in [-0.2, -0.15) is 0 Å². The molecular weight excluding hydrogens is 366 g/mol. The van der Waals surface area contributed by atoms with Gasteiger partial charge in [-0.25, -0.2) is 0 Å². The minimum Gasteiger partial charge on any atom is -0.0836 e. The van der Waals surface area contributed by atoms with Crippen LogP contribution in [-0.4, -0.2) is 47.2 Å². The average Bonchev–Trinajstić information content (AvgIpc) is 3.10. The number of hydrogen-bond acceptors (Lipinski definition) is 0. The molecule has 3 heteroatoms. The third kappa shape index (κ3) is 4.16. The second-order valence-electron chi connectivity index (χ2n) is 7.96. The molecule has 0 heterocycles. The van der Waals surface area contributed by atoms with Gasteiger partial charge in [-0.3, -0.25) is 0 Å². The Morgan fingerprint density at radius 1 is 0.867 bits per heavy atom. The molecule has 0 aliphatic heterocycles. The van der Waals surface area contributed by atoms with Gasteiger partial charge in [-0.05, 0) is 48.1 Å². The summed E-state index contributed by atoms with van der Waals surface area (Å²) in [5.41, 5.74) is 10.8. The van der Waals surface area contributed by atoms with E-state index in [1.807, 2.05) is 0 Å². The van der Waals surface area contributed by atoms with Crippen molar-refractivity contribution in [2.45, 2.75) is 31.7 Å². The molecule has 0 aromatic heterocycles. The third-order valence-corrected chi connectivity index (χ3v) is 8.14. The Balaban J connectivity index is 0.00000128. The van der Waals surface area contributed by atoms with Crippen molar-refractivity contribution in [3.8, 4) is 0 Å². The Hall–Kier alpha value is -1.45. The van der Waals surface area contributed by atoms with Crippen molar-refractivity contribution in [1.82, 2.24) is 0 Å². The van der Waals surface area contributed by atoms with Gasteiger partial charge in [0.2, 0.25) is 0 Å². The number of hydrogen-bond donors (Lipinski definition) is 0. The summed E-state index contributed by atoms with van der Waals surface area (Å²) in [4.78, 5) is 0. The van der Waals surface area contributed by atoms with E-state index in [2.05, 4.69) is 98.8 Å². The summed E-state index contributed by atoms with van der Waals surface area (Å²) in [7, 11) is 0.779. The van der Waals surface area contributed by atoms with Crippen LogP contribution in [-0.2, 0) is 0 Å². The SMILES string of the molecule is CC1=Cc2ccccc2C1[Si]C1=C(C)C=C2C1=CC=CCC2c1ccccc1.[Li].[Li]. The van der Waals surface area contributed by atoms with Gasteiger partial charge in [0, 0.05) is 49.2 Å². The zero-order valence-electron chi connectivity index (χ0n) is 18.4. The Morgan fingerprint density at radius 3 is 2.40 bits per heavy atom. The van der Waals surface area contributed by atoms with E-state index in [0.29, 0.717) is 11.5 Å². The van der Waals surface area contributed by atoms with Crippen molar-refractivity contribution in [1.29, 1.82) is 0 Å². The molecule has 0 N–H and O–H groups in total. The van der Waals surface area contributed by atoms with Crippen LogP contribution in [0.4, 0.5) is 0 Å². The van der Waals surface area contributed by atoms with Crippen LogP contribution in [0.25, 0.3) is 6.08 Å². The van der Waals surface area contributed by atoms with Crippen LogP contribution in [0.15, 0.2) is 106 Å². The molecule has 0 bridgehead atoms. The van der Waals surface area contributed by atoms with E-state index in [0.717, 1.165) is 15.9 Å². The maximum absolute atomic E-state index is 2.46.